The molecule has 2 aliphatic rings. The molecule has 1 aromatic carbocycles. The van der Waals surface area contributed by atoms with E-state index < -0.39 is 0 Å². The minimum Gasteiger partial charge on any atom is -0.321 e. The summed E-state index contributed by atoms with van der Waals surface area (Å²) in [7, 11) is 0. The van der Waals surface area contributed by atoms with Crippen LogP contribution in [0.2, 0.25) is 10.0 Å². The highest BCUT2D eigenvalue weighted by Gasteiger charge is 2.52. The molecule has 0 heterocycles. The van der Waals surface area contributed by atoms with Crippen molar-refractivity contribution >= 4 is 23.2 Å². The summed E-state index contributed by atoms with van der Waals surface area (Å²) >= 11 is 12.1. The smallest absolute Gasteiger partial charge is 0.0595 e. The third-order valence-electron chi connectivity index (χ3n) is 5.04. The monoisotopic (exact) mass is 297 g/mol. The Kier molecular flexibility index (Phi) is 3.57. The highest BCUT2D eigenvalue weighted by atomic mass is 35.5. The van der Waals surface area contributed by atoms with Gasteiger partial charge in [0.2, 0.25) is 0 Å². The van der Waals surface area contributed by atoms with Crippen LogP contribution in [0.1, 0.15) is 56.9 Å². The second-order valence-corrected chi connectivity index (χ2v) is 7.37. The highest BCUT2D eigenvalue weighted by molar-refractivity contribution is 6.42. The van der Waals surface area contributed by atoms with Crippen LogP contribution in [-0.2, 0) is 5.54 Å². The van der Waals surface area contributed by atoms with Crippen LogP contribution < -0.4 is 5.73 Å². The van der Waals surface area contributed by atoms with Gasteiger partial charge >= 0.3 is 0 Å². The van der Waals surface area contributed by atoms with Gasteiger partial charge in [0, 0.05) is 5.54 Å². The van der Waals surface area contributed by atoms with Gasteiger partial charge in [-0.1, -0.05) is 55.0 Å². The molecule has 3 rings (SSSR count). The minimum atomic E-state index is -0.182. The van der Waals surface area contributed by atoms with Gasteiger partial charge in [0.15, 0.2) is 0 Å². The van der Waals surface area contributed by atoms with Gasteiger partial charge in [0.25, 0.3) is 0 Å². The summed E-state index contributed by atoms with van der Waals surface area (Å²) < 4.78 is 0. The molecular weight excluding hydrogens is 277 g/mol. The molecule has 0 amide bonds. The molecule has 2 N–H and O–H groups in total. The average Bonchev–Trinajstić information content (AvgIpc) is 2.58. The van der Waals surface area contributed by atoms with Crippen molar-refractivity contribution in [3.05, 3.63) is 33.8 Å². The van der Waals surface area contributed by atoms with Crippen LogP contribution in [0.4, 0.5) is 0 Å². The number of halogens is 2. The second-order valence-electron chi connectivity index (χ2n) is 6.55. The van der Waals surface area contributed by atoms with Crippen LogP contribution in [0.15, 0.2) is 18.2 Å². The molecule has 104 valence electrons. The Bertz CT molecular complexity index is 468. The molecule has 1 nitrogen and oxygen atoms in total. The Morgan fingerprint density at radius 1 is 0.895 bits per heavy atom. The predicted octanol–water partition coefficient (Wildman–Crippen LogP) is 5.28. The molecule has 2 aliphatic carbocycles. The maximum absolute atomic E-state index is 6.60. The molecule has 1 aromatic rings. The van der Waals surface area contributed by atoms with Gasteiger partial charge < -0.3 is 5.73 Å². The maximum Gasteiger partial charge on any atom is 0.0595 e. The molecule has 0 atom stereocenters. The third-order valence-corrected chi connectivity index (χ3v) is 5.78. The fourth-order valence-electron chi connectivity index (χ4n) is 4.13. The van der Waals surface area contributed by atoms with Gasteiger partial charge in [0.05, 0.1) is 10.0 Å². The molecule has 2 fully saturated rings. The maximum atomic E-state index is 6.60. The molecule has 3 heteroatoms. The lowest BCUT2D eigenvalue weighted by atomic mass is 9.53. The van der Waals surface area contributed by atoms with Gasteiger partial charge in [-0.2, -0.15) is 0 Å². The molecule has 0 bridgehead atoms. The zero-order chi connectivity index (χ0) is 13.5. The molecule has 0 aromatic heterocycles. The van der Waals surface area contributed by atoms with Crippen molar-refractivity contribution < 1.29 is 0 Å². The first kappa shape index (κ1) is 13.7. The predicted molar refractivity (Wildman–Crippen MR) is 81.7 cm³/mol. The largest absolute Gasteiger partial charge is 0.321 e. The summed E-state index contributed by atoms with van der Waals surface area (Å²) in [6.45, 7) is 0. The summed E-state index contributed by atoms with van der Waals surface area (Å²) in [5.41, 5.74) is 8.08. The Morgan fingerprint density at radius 2 is 1.53 bits per heavy atom. The molecular formula is C16H21Cl2N. The van der Waals surface area contributed by atoms with E-state index in [0.29, 0.717) is 15.5 Å². The van der Waals surface area contributed by atoms with E-state index in [0.717, 1.165) is 18.4 Å². The van der Waals surface area contributed by atoms with Crippen LogP contribution in [0.3, 0.4) is 0 Å². The van der Waals surface area contributed by atoms with Gasteiger partial charge in [-0.05, 0) is 48.8 Å². The average molecular weight is 298 g/mol. The minimum absolute atomic E-state index is 0.182. The van der Waals surface area contributed by atoms with Crippen molar-refractivity contribution in [3.8, 4) is 0 Å². The summed E-state index contributed by atoms with van der Waals surface area (Å²) in [5.74, 6) is 0. The van der Waals surface area contributed by atoms with Crippen LogP contribution >= 0.6 is 23.2 Å². The van der Waals surface area contributed by atoms with E-state index in [1.807, 2.05) is 18.2 Å². The standard InChI is InChI=1S/C16H21Cl2N/c17-13-6-5-12(9-14(13)18)16(19)10-15(11-16)7-3-1-2-4-8-15/h5-6,9H,1-4,7-8,10-11,19H2. The molecule has 19 heavy (non-hydrogen) atoms. The first-order valence-electron chi connectivity index (χ1n) is 7.28. The lowest BCUT2D eigenvalue weighted by Crippen LogP contribution is -2.55. The molecule has 1 spiro atoms. The molecule has 0 unspecified atom stereocenters. The summed E-state index contributed by atoms with van der Waals surface area (Å²) in [6, 6.07) is 5.86. The molecule has 0 saturated heterocycles. The Balaban J connectivity index is 1.77. The fraction of sp³-hybridized carbons (Fsp3) is 0.625. The quantitative estimate of drug-likeness (QED) is 0.749. The van der Waals surface area contributed by atoms with Gasteiger partial charge in [-0.3, -0.25) is 0 Å². The normalized spacial score (nSPS) is 24.8. The molecule has 0 radical (unpaired) electrons. The van der Waals surface area contributed by atoms with Crippen molar-refractivity contribution in [1.82, 2.24) is 0 Å². The Morgan fingerprint density at radius 3 is 2.11 bits per heavy atom. The van der Waals surface area contributed by atoms with Crippen molar-refractivity contribution in [2.24, 2.45) is 11.1 Å². The number of hydrogen-bond donors (Lipinski definition) is 1. The van der Waals surface area contributed by atoms with E-state index in [-0.39, 0.29) is 5.54 Å². The lowest BCUT2D eigenvalue weighted by molar-refractivity contribution is 0.00965. The van der Waals surface area contributed by atoms with Crippen LogP contribution in [-0.4, -0.2) is 0 Å². The second kappa shape index (κ2) is 4.95. The van der Waals surface area contributed by atoms with E-state index in [1.54, 1.807) is 0 Å². The van der Waals surface area contributed by atoms with Crippen LogP contribution in [0, 0.1) is 5.41 Å². The zero-order valence-corrected chi connectivity index (χ0v) is 12.7. The van der Waals surface area contributed by atoms with Crippen LogP contribution in [0.25, 0.3) is 0 Å². The van der Waals surface area contributed by atoms with E-state index in [1.165, 1.54) is 38.5 Å². The van der Waals surface area contributed by atoms with Gasteiger partial charge in [-0.15, -0.1) is 0 Å². The van der Waals surface area contributed by atoms with E-state index in [4.69, 9.17) is 28.9 Å². The van der Waals surface area contributed by atoms with Crippen molar-refractivity contribution in [1.29, 1.82) is 0 Å². The number of hydrogen-bond acceptors (Lipinski definition) is 1. The van der Waals surface area contributed by atoms with Crippen LogP contribution in [0.5, 0.6) is 0 Å². The Hall–Kier alpha value is -0.240. The molecule has 2 saturated carbocycles. The van der Waals surface area contributed by atoms with E-state index >= 15 is 0 Å². The summed E-state index contributed by atoms with van der Waals surface area (Å²) in [5, 5.41) is 1.23. The zero-order valence-electron chi connectivity index (χ0n) is 11.2. The fourth-order valence-corrected chi connectivity index (χ4v) is 4.43. The van der Waals surface area contributed by atoms with Crippen molar-refractivity contribution in [2.45, 2.75) is 56.9 Å². The van der Waals surface area contributed by atoms with E-state index in [2.05, 4.69) is 0 Å². The number of rotatable bonds is 1. The van der Waals surface area contributed by atoms with Gasteiger partial charge in [-0.25, -0.2) is 0 Å². The highest BCUT2D eigenvalue weighted by Crippen LogP contribution is 2.59. The topological polar surface area (TPSA) is 26.0 Å². The Labute approximate surface area is 125 Å². The number of nitrogens with two attached hydrogens (primary N) is 1. The van der Waals surface area contributed by atoms with Gasteiger partial charge in [0.1, 0.15) is 0 Å². The first-order chi connectivity index (χ1) is 9.03. The summed E-state index contributed by atoms with van der Waals surface area (Å²) in [6.07, 6.45) is 10.5. The third kappa shape index (κ3) is 2.53. The molecule has 0 aliphatic heterocycles. The first-order valence-corrected chi connectivity index (χ1v) is 8.03. The van der Waals surface area contributed by atoms with Crippen molar-refractivity contribution in [3.63, 3.8) is 0 Å². The SMILES string of the molecule is NC1(c2ccc(Cl)c(Cl)c2)CC2(CCCCCC2)C1. The lowest BCUT2D eigenvalue weighted by Gasteiger charge is -2.55. The number of benzene rings is 1. The summed E-state index contributed by atoms with van der Waals surface area (Å²) in [4.78, 5) is 0. The van der Waals surface area contributed by atoms with E-state index in [9.17, 15) is 0 Å². The van der Waals surface area contributed by atoms with Crippen molar-refractivity contribution in [2.75, 3.05) is 0 Å².